The van der Waals surface area contributed by atoms with Crippen LogP contribution in [0.3, 0.4) is 0 Å². The third kappa shape index (κ3) is 3.06. The van der Waals surface area contributed by atoms with Gasteiger partial charge >= 0.3 is 0 Å². The Hall–Kier alpha value is -3.86. The molecule has 0 aliphatic carbocycles. The van der Waals surface area contributed by atoms with E-state index >= 15 is 0 Å². The number of H-pyrrole nitrogens is 1. The van der Waals surface area contributed by atoms with Gasteiger partial charge < -0.3 is 14.8 Å². The van der Waals surface area contributed by atoms with Crippen LogP contribution >= 0.6 is 0 Å². The second-order valence-corrected chi connectivity index (χ2v) is 5.62. The van der Waals surface area contributed by atoms with Gasteiger partial charge in [-0.3, -0.25) is 10.1 Å². The van der Waals surface area contributed by atoms with Crippen molar-refractivity contribution in [2.75, 3.05) is 7.11 Å². The molecule has 8 nitrogen and oxygen atoms in total. The number of ether oxygens (including phenoxy) is 1. The number of imidazole rings is 1. The smallest absolute Gasteiger partial charge is 0.280 e. The van der Waals surface area contributed by atoms with Gasteiger partial charge in [0.05, 0.1) is 40.3 Å². The molecule has 0 aliphatic rings. The highest BCUT2D eigenvalue weighted by Crippen LogP contribution is 2.35. The van der Waals surface area contributed by atoms with Gasteiger partial charge in [0.2, 0.25) is 0 Å². The Bertz CT molecular complexity index is 1090. The van der Waals surface area contributed by atoms with E-state index in [2.05, 4.69) is 9.97 Å². The van der Waals surface area contributed by atoms with Crippen molar-refractivity contribution < 1.29 is 14.8 Å². The minimum atomic E-state index is -0.637. The zero-order valence-electron chi connectivity index (χ0n) is 14.0. The molecule has 26 heavy (non-hydrogen) atoms. The van der Waals surface area contributed by atoms with Crippen molar-refractivity contribution in [1.82, 2.24) is 9.97 Å². The number of nitro groups is 1. The van der Waals surface area contributed by atoms with Crippen LogP contribution in [-0.2, 0) is 0 Å². The fourth-order valence-electron chi connectivity index (χ4n) is 2.57. The SMILES string of the molecule is COc1cc(C=C(C#N)c2nc3ccc(C)cc3[nH]2)c([N+](=O)[O-])cc1O. The van der Waals surface area contributed by atoms with Crippen molar-refractivity contribution in [3.63, 3.8) is 0 Å². The number of rotatable bonds is 4. The van der Waals surface area contributed by atoms with Crippen molar-refractivity contribution in [3.8, 4) is 17.6 Å². The second-order valence-electron chi connectivity index (χ2n) is 5.62. The lowest BCUT2D eigenvalue weighted by Crippen LogP contribution is -1.95. The Morgan fingerprint density at radius 3 is 2.85 bits per heavy atom. The number of hydrogen-bond donors (Lipinski definition) is 2. The number of phenols is 1. The van der Waals surface area contributed by atoms with Crippen LogP contribution < -0.4 is 4.74 Å². The van der Waals surface area contributed by atoms with Gasteiger partial charge in [-0.1, -0.05) is 6.07 Å². The Morgan fingerprint density at radius 2 is 2.19 bits per heavy atom. The predicted molar refractivity (Wildman–Crippen MR) is 95.6 cm³/mol. The highest BCUT2D eigenvalue weighted by molar-refractivity contribution is 5.92. The molecule has 0 atom stereocenters. The van der Waals surface area contributed by atoms with Crippen molar-refractivity contribution in [2.45, 2.75) is 6.92 Å². The number of aryl methyl sites for hydroxylation is 1. The number of phenolic OH excluding ortho intramolecular Hbond substituents is 1. The maximum atomic E-state index is 11.3. The summed E-state index contributed by atoms with van der Waals surface area (Å²) >= 11 is 0. The maximum absolute atomic E-state index is 11.3. The third-order valence-corrected chi connectivity index (χ3v) is 3.84. The van der Waals surface area contributed by atoms with Gasteiger partial charge in [0.15, 0.2) is 11.5 Å². The quantitative estimate of drug-likeness (QED) is 0.421. The molecule has 0 fully saturated rings. The lowest BCUT2D eigenvalue weighted by Gasteiger charge is -2.05. The largest absolute Gasteiger partial charge is 0.504 e. The number of aromatic amines is 1. The topological polar surface area (TPSA) is 125 Å². The minimum absolute atomic E-state index is 0.0689. The summed E-state index contributed by atoms with van der Waals surface area (Å²) in [6.45, 7) is 1.94. The van der Waals surface area contributed by atoms with E-state index < -0.39 is 4.92 Å². The molecular formula is C18H14N4O4. The van der Waals surface area contributed by atoms with E-state index in [0.29, 0.717) is 11.3 Å². The van der Waals surface area contributed by atoms with Gasteiger partial charge in [0.1, 0.15) is 11.9 Å². The molecule has 0 amide bonds. The normalized spacial score (nSPS) is 11.3. The summed E-state index contributed by atoms with van der Waals surface area (Å²) in [6.07, 6.45) is 1.34. The molecule has 0 saturated heterocycles. The number of aromatic hydroxyl groups is 1. The summed E-state index contributed by atoms with van der Waals surface area (Å²) in [5.74, 6) is 0.0166. The lowest BCUT2D eigenvalue weighted by molar-refractivity contribution is -0.385. The number of nitrogens with one attached hydrogen (secondary N) is 1. The van der Waals surface area contributed by atoms with Gasteiger partial charge in [-0.2, -0.15) is 5.26 Å². The van der Waals surface area contributed by atoms with Crippen molar-refractivity contribution in [1.29, 1.82) is 5.26 Å². The highest BCUT2D eigenvalue weighted by Gasteiger charge is 2.19. The van der Waals surface area contributed by atoms with Gasteiger partial charge in [0.25, 0.3) is 5.69 Å². The van der Waals surface area contributed by atoms with Gasteiger partial charge in [-0.05, 0) is 36.8 Å². The van der Waals surface area contributed by atoms with Crippen LogP contribution in [0, 0.1) is 28.4 Å². The number of hydrogen-bond acceptors (Lipinski definition) is 6. The molecule has 0 bridgehead atoms. The molecule has 2 N–H and O–H groups in total. The first kappa shape index (κ1) is 17.0. The van der Waals surface area contributed by atoms with Gasteiger partial charge in [-0.25, -0.2) is 4.98 Å². The molecule has 1 aromatic heterocycles. The predicted octanol–water partition coefficient (Wildman–Crippen LogP) is 3.56. The number of fused-ring (bicyclic) bond motifs is 1. The van der Waals surface area contributed by atoms with E-state index in [1.54, 1.807) is 0 Å². The van der Waals surface area contributed by atoms with Crippen LogP contribution in [0.25, 0.3) is 22.7 Å². The second kappa shape index (κ2) is 6.57. The highest BCUT2D eigenvalue weighted by atomic mass is 16.6. The van der Waals surface area contributed by atoms with Crippen LogP contribution in [0.5, 0.6) is 11.5 Å². The number of methoxy groups -OCH3 is 1. The van der Waals surface area contributed by atoms with Gasteiger partial charge in [-0.15, -0.1) is 0 Å². The van der Waals surface area contributed by atoms with Crippen LogP contribution in [-0.4, -0.2) is 27.1 Å². The number of nitro benzene ring substituents is 1. The monoisotopic (exact) mass is 350 g/mol. The average molecular weight is 350 g/mol. The average Bonchev–Trinajstić information content (AvgIpc) is 3.02. The summed E-state index contributed by atoms with van der Waals surface area (Å²) in [6, 6.07) is 9.92. The van der Waals surface area contributed by atoms with E-state index in [9.17, 15) is 20.5 Å². The molecule has 3 rings (SSSR count). The maximum Gasteiger partial charge on any atom is 0.280 e. The van der Waals surface area contributed by atoms with Crippen molar-refractivity contribution in [3.05, 3.63) is 57.4 Å². The first-order valence-electron chi connectivity index (χ1n) is 7.57. The van der Waals surface area contributed by atoms with E-state index in [-0.39, 0.29) is 28.3 Å². The van der Waals surface area contributed by atoms with Crippen molar-refractivity contribution >= 4 is 28.4 Å². The third-order valence-electron chi connectivity index (χ3n) is 3.84. The lowest BCUT2D eigenvalue weighted by atomic mass is 10.1. The van der Waals surface area contributed by atoms with Gasteiger partial charge in [0, 0.05) is 0 Å². The fourth-order valence-corrected chi connectivity index (χ4v) is 2.57. The molecule has 0 saturated carbocycles. The molecule has 3 aromatic rings. The molecule has 8 heteroatoms. The summed E-state index contributed by atoms with van der Waals surface area (Å²) in [5.41, 5.74) is 2.38. The Labute approximate surface area is 148 Å². The summed E-state index contributed by atoms with van der Waals surface area (Å²) in [7, 11) is 1.33. The molecule has 0 spiro atoms. The minimum Gasteiger partial charge on any atom is -0.504 e. The molecule has 2 aromatic carbocycles. The molecule has 0 aliphatic heterocycles. The summed E-state index contributed by atoms with van der Waals surface area (Å²) in [5, 5.41) is 30.5. The Balaban J connectivity index is 2.17. The fraction of sp³-hybridized carbons (Fsp3) is 0.111. The van der Waals surface area contributed by atoms with Crippen LogP contribution in [0.2, 0.25) is 0 Å². The number of nitriles is 1. The molecule has 1 heterocycles. The first-order chi connectivity index (χ1) is 12.4. The first-order valence-corrected chi connectivity index (χ1v) is 7.57. The molecule has 0 unspecified atom stereocenters. The number of benzene rings is 2. The Kier molecular flexibility index (Phi) is 4.29. The summed E-state index contributed by atoms with van der Waals surface area (Å²) < 4.78 is 4.99. The standard InChI is InChI=1S/C18H14N4O4/c1-10-3-4-13-14(5-10)21-18(20-13)12(9-19)6-11-7-17(26-2)16(23)8-15(11)22(24)25/h3-8,23H,1-2H3,(H,20,21). The zero-order chi connectivity index (χ0) is 18.8. The van der Waals surface area contributed by atoms with Crippen LogP contribution in [0.4, 0.5) is 5.69 Å². The Morgan fingerprint density at radius 1 is 1.42 bits per heavy atom. The van der Waals surface area contributed by atoms with E-state index in [1.165, 1.54) is 19.3 Å². The van der Waals surface area contributed by atoms with Crippen LogP contribution in [0.15, 0.2) is 30.3 Å². The van der Waals surface area contributed by atoms with E-state index in [0.717, 1.165) is 17.1 Å². The summed E-state index contributed by atoms with van der Waals surface area (Å²) in [4.78, 5) is 18.0. The number of allylic oxidation sites excluding steroid dienone is 1. The number of nitrogens with zero attached hydrogens (tertiary/aromatic N) is 3. The molecular weight excluding hydrogens is 336 g/mol. The molecule has 130 valence electrons. The van der Waals surface area contributed by atoms with E-state index in [4.69, 9.17) is 4.74 Å². The molecule has 0 radical (unpaired) electrons. The van der Waals surface area contributed by atoms with Crippen molar-refractivity contribution in [2.24, 2.45) is 0 Å². The number of aromatic nitrogens is 2. The van der Waals surface area contributed by atoms with Crippen LogP contribution in [0.1, 0.15) is 17.0 Å². The van der Waals surface area contributed by atoms with E-state index in [1.807, 2.05) is 31.2 Å². The zero-order valence-corrected chi connectivity index (χ0v) is 14.0.